The standard InChI is InChI=1S/C31H28F2N4O2S/c1-18-8-13-25(19(2)14-18)37-31-28(29(35-37)20-6-4-3-5-7-20)30(23-12-9-21(32)15-24(23)33)40-17-27(39)36(31)16-26(38)34-22-10-11-22/h3-9,12-15,22,30H,10-11,16-17H2,1-2H3,(H,34,38). The lowest BCUT2D eigenvalue weighted by molar-refractivity contribution is -0.123. The Bertz CT molecular complexity index is 1620. The van der Waals surface area contributed by atoms with Gasteiger partial charge in [0, 0.05) is 28.8 Å². The molecule has 1 N–H and O–H groups in total. The molecule has 2 heterocycles. The van der Waals surface area contributed by atoms with E-state index in [4.69, 9.17) is 5.10 Å². The molecule has 2 amide bonds. The molecule has 1 unspecified atom stereocenters. The second kappa shape index (κ2) is 10.5. The number of hydrogen-bond acceptors (Lipinski definition) is 4. The number of anilines is 1. The minimum atomic E-state index is -0.700. The molecule has 6 nitrogen and oxygen atoms in total. The lowest BCUT2D eigenvalue weighted by Gasteiger charge is -2.24. The van der Waals surface area contributed by atoms with E-state index in [0.717, 1.165) is 41.3 Å². The maximum absolute atomic E-state index is 15.3. The highest BCUT2D eigenvalue weighted by Gasteiger charge is 2.39. The molecule has 6 rings (SSSR count). The van der Waals surface area contributed by atoms with E-state index in [1.54, 1.807) is 4.68 Å². The first kappa shape index (κ1) is 26.3. The predicted octanol–water partition coefficient (Wildman–Crippen LogP) is 5.88. The number of thioether (sulfide) groups is 1. The Balaban J connectivity index is 1.63. The number of carbonyl (C=O) groups excluding carboxylic acids is 2. The number of nitrogens with one attached hydrogen (secondary N) is 1. The highest BCUT2D eigenvalue weighted by atomic mass is 32.2. The summed E-state index contributed by atoms with van der Waals surface area (Å²) >= 11 is 1.25. The van der Waals surface area contributed by atoms with Gasteiger partial charge in [-0.15, -0.1) is 11.8 Å². The molecule has 1 aromatic heterocycles. The Hall–Kier alpha value is -3.98. The van der Waals surface area contributed by atoms with Gasteiger partial charge in [0.2, 0.25) is 11.8 Å². The van der Waals surface area contributed by atoms with E-state index in [0.29, 0.717) is 17.1 Å². The number of amides is 2. The predicted molar refractivity (Wildman–Crippen MR) is 153 cm³/mol. The summed E-state index contributed by atoms with van der Waals surface area (Å²) in [6, 6.07) is 19.1. The molecule has 1 aliphatic carbocycles. The Morgan fingerprint density at radius 3 is 2.52 bits per heavy atom. The summed E-state index contributed by atoms with van der Waals surface area (Å²) in [5.74, 6) is -1.49. The number of aromatic nitrogens is 2. The van der Waals surface area contributed by atoms with E-state index < -0.39 is 16.9 Å². The summed E-state index contributed by atoms with van der Waals surface area (Å²) in [5, 5.41) is 7.34. The maximum atomic E-state index is 15.3. The van der Waals surface area contributed by atoms with E-state index in [9.17, 15) is 14.0 Å². The highest BCUT2D eigenvalue weighted by molar-refractivity contribution is 8.00. The summed E-state index contributed by atoms with van der Waals surface area (Å²) in [6.45, 7) is 3.78. The van der Waals surface area contributed by atoms with Gasteiger partial charge in [-0.3, -0.25) is 14.5 Å². The van der Waals surface area contributed by atoms with Crippen LogP contribution in [0.25, 0.3) is 16.9 Å². The second-order valence-corrected chi connectivity index (χ2v) is 11.4. The zero-order valence-electron chi connectivity index (χ0n) is 22.2. The van der Waals surface area contributed by atoms with E-state index in [1.165, 1.54) is 28.8 Å². The van der Waals surface area contributed by atoms with Crippen molar-refractivity contribution in [1.29, 1.82) is 0 Å². The molecule has 2 aliphatic rings. The van der Waals surface area contributed by atoms with Crippen LogP contribution in [0.15, 0.2) is 66.7 Å². The fourth-order valence-corrected chi connectivity index (χ4v) is 6.36. The van der Waals surface area contributed by atoms with Crippen molar-refractivity contribution in [3.63, 3.8) is 0 Å². The average molecular weight is 559 g/mol. The van der Waals surface area contributed by atoms with E-state index in [1.807, 2.05) is 62.4 Å². The molecule has 4 aromatic rings. The van der Waals surface area contributed by atoms with Crippen molar-refractivity contribution < 1.29 is 18.4 Å². The fraction of sp³-hybridized carbons (Fsp3) is 0.258. The second-order valence-electron chi connectivity index (χ2n) is 10.3. The largest absolute Gasteiger partial charge is 0.352 e. The lowest BCUT2D eigenvalue weighted by Crippen LogP contribution is -2.43. The van der Waals surface area contributed by atoms with Gasteiger partial charge < -0.3 is 5.32 Å². The summed E-state index contributed by atoms with van der Waals surface area (Å²) in [6.07, 6.45) is 1.84. The van der Waals surface area contributed by atoms with E-state index in [2.05, 4.69) is 5.32 Å². The number of nitrogens with zero attached hydrogens (tertiary/aromatic N) is 3. The first-order valence-corrected chi connectivity index (χ1v) is 14.3. The third kappa shape index (κ3) is 5.01. The molecule has 0 bridgehead atoms. The van der Waals surface area contributed by atoms with Gasteiger partial charge in [-0.25, -0.2) is 13.5 Å². The van der Waals surface area contributed by atoms with Crippen LogP contribution in [0.3, 0.4) is 0 Å². The molecule has 0 radical (unpaired) electrons. The van der Waals surface area contributed by atoms with Crippen LogP contribution in [-0.2, 0) is 9.59 Å². The van der Waals surface area contributed by atoms with Gasteiger partial charge in [0.25, 0.3) is 0 Å². The molecule has 9 heteroatoms. The van der Waals surface area contributed by atoms with Gasteiger partial charge >= 0.3 is 0 Å². The van der Waals surface area contributed by atoms with Crippen LogP contribution < -0.4 is 10.2 Å². The van der Waals surface area contributed by atoms with Gasteiger partial charge in [-0.1, -0.05) is 54.1 Å². The number of hydrogen-bond donors (Lipinski definition) is 1. The fourth-order valence-electron chi connectivity index (χ4n) is 5.14. The Labute approximate surface area is 235 Å². The van der Waals surface area contributed by atoms with Crippen LogP contribution in [-0.4, -0.2) is 39.9 Å². The van der Waals surface area contributed by atoms with Gasteiger partial charge in [0.15, 0.2) is 0 Å². The van der Waals surface area contributed by atoms with Crippen LogP contribution in [0.5, 0.6) is 0 Å². The van der Waals surface area contributed by atoms with Crippen LogP contribution in [0.4, 0.5) is 14.6 Å². The number of aryl methyl sites for hydroxylation is 2. The molecule has 1 saturated carbocycles. The molecule has 1 atom stereocenters. The molecule has 0 spiro atoms. The third-order valence-corrected chi connectivity index (χ3v) is 8.44. The van der Waals surface area contributed by atoms with Gasteiger partial charge in [-0.05, 0) is 44.4 Å². The summed E-state index contributed by atoms with van der Waals surface area (Å²) in [7, 11) is 0. The summed E-state index contributed by atoms with van der Waals surface area (Å²) < 4.78 is 31.0. The van der Waals surface area contributed by atoms with Crippen molar-refractivity contribution in [2.45, 2.75) is 38.0 Å². The molecular weight excluding hydrogens is 530 g/mol. The van der Waals surface area contributed by atoms with E-state index in [-0.39, 0.29) is 35.7 Å². The SMILES string of the molecule is Cc1ccc(-n2nc(-c3ccccc3)c3c2N(CC(=O)NC2CC2)C(=O)CSC3c2ccc(F)cc2F)c(C)c1. The first-order chi connectivity index (χ1) is 19.3. The number of halogens is 2. The van der Waals surface area contributed by atoms with Crippen molar-refractivity contribution in [1.82, 2.24) is 15.1 Å². The zero-order chi connectivity index (χ0) is 28.0. The van der Waals surface area contributed by atoms with Crippen LogP contribution in [0.2, 0.25) is 0 Å². The molecule has 40 heavy (non-hydrogen) atoms. The average Bonchev–Trinajstić information content (AvgIpc) is 3.68. The number of carbonyl (C=O) groups is 2. The van der Waals surface area contributed by atoms with Gasteiger partial charge in [0.1, 0.15) is 24.0 Å². The van der Waals surface area contributed by atoms with Crippen molar-refractivity contribution in [2.24, 2.45) is 0 Å². The minimum Gasteiger partial charge on any atom is -0.352 e. The zero-order valence-corrected chi connectivity index (χ0v) is 23.0. The molecule has 1 fully saturated rings. The number of fused-ring (bicyclic) bond motifs is 1. The minimum absolute atomic E-state index is 0.00792. The van der Waals surface area contributed by atoms with Crippen LogP contribution in [0, 0.1) is 25.5 Å². The number of benzene rings is 3. The summed E-state index contributed by atoms with van der Waals surface area (Å²) in [4.78, 5) is 28.3. The Kier molecular flexibility index (Phi) is 6.92. The van der Waals surface area contributed by atoms with Crippen molar-refractivity contribution >= 4 is 29.4 Å². The molecule has 1 aliphatic heterocycles. The first-order valence-electron chi connectivity index (χ1n) is 13.2. The smallest absolute Gasteiger partial charge is 0.240 e. The Morgan fingerprint density at radius 1 is 1.05 bits per heavy atom. The monoisotopic (exact) mass is 558 g/mol. The van der Waals surface area contributed by atoms with E-state index >= 15 is 4.39 Å². The van der Waals surface area contributed by atoms with Crippen molar-refractivity contribution in [3.05, 3.63) is 101 Å². The molecule has 204 valence electrons. The highest BCUT2D eigenvalue weighted by Crippen LogP contribution is 2.49. The molecule has 3 aromatic carbocycles. The summed E-state index contributed by atoms with van der Waals surface area (Å²) in [5.41, 5.74) is 4.96. The molecule has 0 saturated heterocycles. The quantitative estimate of drug-likeness (QED) is 0.321. The van der Waals surface area contributed by atoms with Crippen molar-refractivity contribution in [2.75, 3.05) is 17.2 Å². The van der Waals surface area contributed by atoms with Crippen LogP contribution in [0.1, 0.15) is 40.3 Å². The molecular formula is C31H28F2N4O2S. The lowest BCUT2D eigenvalue weighted by atomic mass is 9.99. The maximum Gasteiger partial charge on any atom is 0.240 e. The Morgan fingerprint density at radius 2 is 1.82 bits per heavy atom. The number of rotatable bonds is 6. The van der Waals surface area contributed by atoms with Gasteiger partial charge in [0.05, 0.1) is 22.4 Å². The van der Waals surface area contributed by atoms with Crippen LogP contribution >= 0.6 is 11.8 Å². The third-order valence-electron chi connectivity index (χ3n) is 7.21. The normalized spacial score (nSPS) is 16.9. The van der Waals surface area contributed by atoms with Crippen molar-refractivity contribution in [3.8, 4) is 16.9 Å². The van der Waals surface area contributed by atoms with Gasteiger partial charge in [-0.2, -0.15) is 5.10 Å². The topological polar surface area (TPSA) is 67.2 Å².